The molecule has 0 saturated carbocycles. The summed E-state index contributed by atoms with van der Waals surface area (Å²) in [5, 5.41) is 7.00. The first-order chi connectivity index (χ1) is 8.15. The molecule has 90 valence electrons. The zero-order valence-electron chi connectivity index (χ0n) is 9.83. The molecule has 0 atom stereocenters. The third-order valence-electron chi connectivity index (χ3n) is 2.41. The fourth-order valence-corrected chi connectivity index (χ4v) is 1.90. The summed E-state index contributed by atoms with van der Waals surface area (Å²) in [4.78, 5) is 4.12. The minimum Gasteiger partial charge on any atom is -0.338 e. The summed E-state index contributed by atoms with van der Waals surface area (Å²) in [7, 11) is 0. The molecular weight excluding hydrogens is 282 g/mol. The van der Waals surface area contributed by atoms with Gasteiger partial charge in [0.15, 0.2) is 5.82 Å². The highest BCUT2D eigenvalue weighted by atomic mass is 79.9. The van der Waals surface area contributed by atoms with Crippen LogP contribution >= 0.6 is 15.9 Å². The molecule has 0 aliphatic carbocycles. The van der Waals surface area contributed by atoms with Crippen molar-refractivity contribution in [2.75, 3.05) is 0 Å². The summed E-state index contributed by atoms with van der Waals surface area (Å²) >= 11 is 3.52. The molecule has 1 N–H and O–H groups in total. The first kappa shape index (κ1) is 12.3. The SMILES string of the molecule is Cc1noc(CNCc2ccc(C)c(Br)c2)n1. The largest absolute Gasteiger partial charge is 0.338 e. The molecule has 17 heavy (non-hydrogen) atoms. The number of hydrogen-bond donors (Lipinski definition) is 1. The van der Waals surface area contributed by atoms with Crippen LogP contribution in [0, 0.1) is 13.8 Å². The predicted molar refractivity (Wildman–Crippen MR) is 68.5 cm³/mol. The van der Waals surface area contributed by atoms with E-state index in [0.717, 1.165) is 11.0 Å². The van der Waals surface area contributed by atoms with Gasteiger partial charge < -0.3 is 9.84 Å². The van der Waals surface area contributed by atoms with Crippen molar-refractivity contribution in [2.24, 2.45) is 0 Å². The minimum atomic E-state index is 0.590. The molecule has 0 unspecified atom stereocenters. The average molecular weight is 296 g/mol. The molecule has 2 aromatic rings. The van der Waals surface area contributed by atoms with Gasteiger partial charge in [-0.2, -0.15) is 4.98 Å². The highest BCUT2D eigenvalue weighted by molar-refractivity contribution is 9.10. The Morgan fingerprint density at radius 3 is 2.76 bits per heavy atom. The Morgan fingerprint density at radius 2 is 2.12 bits per heavy atom. The van der Waals surface area contributed by atoms with Gasteiger partial charge >= 0.3 is 0 Å². The van der Waals surface area contributed by atoms with Crippen molar-refractivity contribution < 1.29 is 4.52 Å². The first-order valence-electron chi connectivity index (χ1n) is 5.40. The van der Waals surface area contributed by atoms with Crippen LogP contribution < -0.4 is 5.32 Å². The van der Waals surface area contributed by atoms with Crippen molar-refractivity contribution in [3.05, 3.63) is 45.5 Å². The van der Waals surface area contributed by atoms with Gasteiger partial charge in [-0.15, -0.1) is 0 Å². The van der Waals surface area contributed by atoms with Gasteiger partial charge in [0.1, 0.15) is 0 Å². The highest BCUT2D eigenvalue weighted by Gasteiger charge is 2.02. The van der Waals surface area contributed by atoms with Gasteiger partial charge in [0, 0.05) is 11.0 Å². The average Bonchev–Trinajstić information content (AvgIpc) is 2.70. The molecule has 5 heteroatoms. The molecule has 0 radical (unpaired) electrons. The third kappa shape index (κ3) is 3.38. The van der Waals surface area contributed by atoms with Gasteiger partial charge in [0.25, 0.3) is 0 Å². The van der Waals surface area contributed by atoms with Crippen molar-refractivity contribution in [1.29, 1.82) is 0 Å². The van der Waals surface area contributed by atoms with Crippen LogP contribution in [0.3, 0.4) is 0 Å². The van der Waals surface area contributed by atoms with Gasteiger partial charge in [-0.3, -0.25) is 0 Å². The Kier molecular flexibility index (Phi) is 3.91. The topological polar surface area (TPSA) is 51.0 Å². The summed E-state index contributed by atoms with van der Waals surface area (Å²) in [5.41, 5.74) is 2.46. The van der Waals surface area contributed by atoms with Crippen molar-refractivity contribution in [2.45, 2.75) is 26.9 Å². The maximum Gasteiger partial charge on any atom is 0.240 e. The Bertz CT molecular complexity index is 510. The molecule has 0 aliphatic rings. The molecule has 0 bridgehead atoms. The van der Waals surface area contributed by atoms with Gasteiger partial charge in [-0.25, -0.2) is 0 Å². The van der Waals surface area contributed by atoms with E-state index in [1.807, 2.05) is 6.92 Å². The van der Waals surface area contributed by atoms with Crippen LogP contribution in [0.4, 0.5) is 0 Å². The van der Waals surface area contributed by atoms with Crippen LogP contribution in [-0.2, 0) is 13.1 Å². The lowest BCUT2D eigenvalue weighted by atomic mass is 10.1. The number of halogens is 1. The van der Waals surface area contributed by atoms with E-state index in [4.69, 9.17) is 4.52 Å². The molecule has 2 rings (SSSR count). The number of rotatable bonds is 4. The second kappa shape index (κ2) is 5.42. The summed E-state index contributed by atoms with van der Waals surface area (Å²) in [6.45, 7) is 5.25. The van der Waals surface area contributed by atoms with Gasteiger partial charge in [-0.05, 0) is 31.0 Å². The van der Waals surface area contributed by atoms with E-state index in [-0.39, 0.29) is 0 Å². The van der Waals surface area contributed by atoms with Crippen molar-refractivity contribution in [3.63, 3.8) is 0 Å². The second-order valence-corrected chi connectivity index (χ2v) is 4.78. The summed E-state index contributed by atoms with van der Waals surface area (Å²) < 4.78 is 6.14. The lowest BCUT2D eigenvalue weighted by Crippen LogP contribution is -2.12. The molecule has 0 spiro atoms. The molecule has 0 saturated heterocycles. The number of aromatic nitrogens is 2. The molecule has 1 aromatic carbocycles. The monoisotopic (exact) mass is 295 g/mol. The predicted octanol–water partition coefficient (Wildman–Crippen LogP) is 2.74. The van der Waals surface area contributed by atoms with Gasteiger partial charge in [0.05, 0.1) is 6.54 Å². The zero-order valence-corrected chi connectivity index (χ0v) is 11.4. The van der Waals surface area contributed by atoms with Crippen LogP contribution in [0.2, 0.25) is 0 Å². The van der Waals surface area contributed by atoms with Crippen molar-refractivity contribution in [3.8, 4) is 0 Å². The van der Waals surface area contributed by atoms with Crippen LogP contribution in [0.5, 0.6) is 0 Å². The summed E-state index contributed by atoms with van der Waals surface area (Å²) in [6, 6.07) is 6.31. The molecule has 0 aliphatic heterocycles. The minimum absolute atomic E-state index is 0.590. The van der Waals surface area contributed by atoms with E-state index in [9.17, 15) is 0 Å². The van der Waals surface area contributed by atoms with E-state index in [1.54, 1.807) is 0 Å². The van der Waals surface area contributed by atoms with Crippen LogP contribution in [0.1, 0.15) is 22.8 Å². The van der Waals surface area contributed by atoms with Gasteiger partial charge in [-0.1, -0.05) is 33.2 Å². The van der Waals surface area contributed by atoms with Gasteiger partial charge in [0.2, 0.25) is 5.89 Å². The van der Waals surface area contributed by atoms with E-state index in [1.165, 1.54) is 11.1 Å². The number of aryl methyl sites for hydroxylation is 2. The fraction of sp³-hybridized carbons (Fsp3) is 0.333. The smallest absolute Gasteiger partial charge is 0.240 e. The van der Waals surface area contributed by atoms with Crippen LogP contribution in [0.15, 0.2) is 27.2 Å². The third-order valence-corrected chi connectivity index (χ3v) is 3.27. The lowest BCUT2D eigenvalue weighted by Gasteiger charge is -2.04. The van der Waals surface area contributed by atoms with Crippen LogP contribution in [-0.4, -0.2) is 10.1 Å². The standard InChI is InChI=1S/C12H14BrN3O/c1-8-3-4-10(5-11(8)13)6-14-7-12-15-9(2)16-17-12/h3-5,14H,6-7H2,1-2H3. The Morgan fingerprint density at radius 1 is 1.29 bits per heavy atom. The zero-order chi connectivity index (χ0) is 12.3. The maximum absolute atomic E-state index is 5.01. The van der Waals surface area contributed by atoms with E-state index >= 15 is 0 Å². The Balaban J connectivity index is 1.87. The van der Waals surface area contributed by atoms with E-state index in [0.29, 0.717) is 18.3 Å². The fourth-order valence-electron chi connectivity index (χ4n) is 1.47. The highest BCUT2D eigenvalue weighted by Crippen LogP contribution is 2.17. The first-order valence-corrected chi connectivity index (χ1v) is 6.19. The van der Waals surface area contributed by atoms with Crippen molar-refractivity contribution in [1.82, 2.24) is 15.5 Å². The van der Waals surface area contributed by atoms with E-state index < -0.39 is 0 Å². The van der Waals surface area contributed by atoms with Crippen molar-refractivity contribution >= 4 is 15.9 Å². The summed E-state index contributed by atoms with van der Waals surface area (Å²) in [6.07, 6.45) is 0. The van der Waals surface area contributed by atoms with E-state index in [2.05, 4.69) is 56.5 Å². The molecule has 0 fully saturated rings. The Labute approximate surface area is 109 Å². The normalized spacial score (nSPS) is 10.8. The lowest BCUT2D eigenvalue weighted by molar-refractivity contribution is 0.364. The number of nitrogens with zero attached hydrogens (tertiary/aromatic N) is 2. The quantitative estimate of drug-likeness (QED) is 0.942. The maximum atomic E-state index is 5.01. The van der Waals surface area contributed by atoms with Crippen LogP contribution in [0.25, 0.3) is 0 Å². The second-order valence-electron chi connectivity index (χ2n) is 3.92. The number of benzene rings is 1. The summed E-state index contributed by atoms with van der Waals surface area (Å²) in [5.74, 6) is 1.29. The molecule has 0 amide bonds. The number of nitrogens with one attached hydrogen (secondary N) is 1. The molecule has 1 heterocycles. The molecule has 1 aromatic heterocycles. The number of hydrogen-bond acceptors (Lipinski definition) is 4. The molecule has 4 nitrogen and oxygen atoms in total. The molecular formula is C12H14BrN3O. The Hall–Kier alpha value is -1.20.